The molecule has 0 aliphatic heterocycles. The number of carbonyl (C=O) groups is 2. The van der Waals surface area contributed by atoms with E-state index in [4.69, 9.17) is 9.29 Å². The van der Waals surface area contributed by atoms with E-state index in [0.717, 1.165) is 25.7 Å². The van der Waals surface area contributed by atoms with Crippen molar-refractivity contribution >= 4 is 22.0 Å². The Morgan fingerprint density at radius 3 is 2.32 bits per heavy atom. The van der Waals surface area contributed by atoms with Crippen molar-refractivity contribution in [3.05, 3.63) is 24.3 Å². The third-order valence-corrected chi connectivity index (χ3v) is 5.13. The molecule has 28 heavy (non-hydrogen) atoms. The molecule has 0 heterocycles. The lowest BCUT2D eigenvalue weighted by molar-refractivity contribution is -0.134. The molecule has 0 spiro atoms. The summed E-state index contributed by atoms with van der Waals surface area (Å²) in [5.74, 6) is -0.675. The van der Waals surface area contributed by atoms with E-state index >= 15 is 0 Å². The van der Waals surface area contributed by atoms with Crippen LogP contribution in [0.2, 0.25) is 0 Å². The summed E-state index contributed by atoms with van der Waals surface area (Å²) in [5.41, 5.74) is 0. The van der Waals surface area contributed by atoms with Gasteiger partial charge in [0.05, 0.1) is 0 Å². The minimum absolute atomic E-state index is 0.0673. The summed E-state index contributed by atoms with van der Waals surface area (Å²) in [5, 5.41) is 2.88. The summed E-state index contributed by atoms with van der Waals surface area (Å²) in [6.07, 6.45) is 8.34. The SMILES string of the molecule is CCCCCCCC(=O)NCCCCCC(=O)Oc1ccccc1S(=O)(=O)O. The summed E-state index contributed by atoms with van der Waals surface area (Å²) in [6, 6.07) is 5.44. The molecule has 0 atom stereocenters. The van der Waals surface area contributed by atoms with E-state index in [2.05, 4.69) is 12.2 Å². The molecule has 0 bridgehead atoms. The molecule has 1 amide bonds. The van der Waals surface area contributed by atoms with Gasteiger partial charge >= 0.3 is 5.97 Å². The number of hydrogen-bond donors (Lipinski definition) is 2. The number of ether oxygens (including phenoxy) is 1. The van der Waals surface area contributed by atoms with Gasteiger partial charge in [-0.3, -0.25) is 14.1 Å². The summed E-state index contributed by atoms with van der Waals surface area (Å²) in [6.45, 7) is 2.74. The molecule has 0 saturated heterocycles. The van der Waals surface area contributed by atoms with Crippen LogP contribution in [-0.4, -0.2) is 31.4 Å². The number of rotatable bonds is 14. The first-order valence-electron chi connectivity index (χ1n) is 9.88. The fourth-order valence-corrected chi connectivity index (χ4v) is 3.31. The highest BCUT2D eigenvalue weighted by atomic mass is 32.2. The van der Waals surface area contributed by atoms with Crippen LogP contribution in [0, 0.1) is 0 Å². The quantitative estimate of drug-likeness (QED) is 0.207. The number of hydrogen-bond acceptors (Lipinski definition) is 5. The number of benzene rings is 1. The molecular formula is C20H31NO6S. The highest BCUT2D eigenvalue weighted by Crippen LogP contribution is 2.23. The van der Waals surface area contributed by atoms with Crippen molar-refractivity contribution in [3.63, 3.8) is 0 Å². The molecule has 7 nitrogen and oxygen atoms in total. The van der Waals surface area contributed by atoms with Crippen LogP contribution in [0.3, 0.4) is 0 Å². The Morgan fingerprint density at radius 1 is 0.964 bits per heavy atom. The van der Waals surface area contributed by atoms with Gasteiger partial charge in [0.25, 0.3) is 10.1 Å². The van der Waals surface area contributed by atoms with Gasteiger partial charge in [0.15, 0.2) is 5.75 Å². The third-order valence-electron chi connectivity index (χ3n) is 4.24. The lowest BCUT2D eigenvalue weighted by Crippen LogP contribution is -2.24. The van der Waals surface area contributed by atoms with Crippen LogP contribution in [0.4, 0.5) is 0 Å². The van der Waals surface area contributed by atoms with E-state index in [1.54, 1.807) is 0 Å². The Labute approximate surface area is 167 Å². The zero-order valence-electron chi connectivity index (χ0n) is 16.5. The maximum atomic E-state index is 11.9. The van der Waals surface area contributed by atoms with Crippen LogP contribution in [0.1, 0.15) is 71.1 Å². The zero-order chi connectivity index (χ0) is 20.8. The highest BCUT2D eigenvalue weighted by Gasteiger charge is 2.18. The van der Waals surface area contributed by atoms with Gasteiger partial charge in [0.1, 0.15) is 4.90 Å². The van der Waals surface area contributed by atoms with E-state index in [9.17, 15) is 18.0 Å². The van der Waals surface area contributed by atoms with Crippen molar-refractivity contribution < 1.29 is 27.3 Å². The summed E-state index contributed by atoms with van der Waals surface area (Å²) in [4.78, 5) is 23.1. The minimum atomic E-state index is -4.45. The van der Waals surface area contributed by atoms with Gasteiger partial charge in [-0.25, -0.2) is 0 Å². The van der Waals surface area contributed by atoms with E-state index in [1.165, 1.54) is 43.5 Å². The van der Waals surface area contributed by atoms with E-state index < -0.39 is 21.0 Å². The molecule has 0 saturated carbocycles. The van der Waals surface area contributed by atoms with Gasteiger partial charge < -0.3 is 10.1 Å². The van der Waals surface area contributed by atoms with Gasteiger partial charge in [0, 0.05) is 19.4 Å². The smallest absolute Gasteiger partial charge is 0.311 e. The Morgan fingerprint density at radius 2 is 1.61 bits per heavy atom. The Kier molecular flexibility index (Phi) is 11.4. The molecule has 0 fully saturated rings. The number of para-hydroxylation sites is 1. The fourth-order valence-electron chi connectivity index (χ4n) is 2.70. The maximum Gasteiger partial charge on any atom is 0.311 e. The molecule has 1 aromatic carbocycles. The fraction of sp³-hybridized carbons (Fsp3) is 0.600. The van der Waals surface area contributed by atoms with Gasteiger partial charge in [0.2, 0.25) is 5.91 Å². The topological polar surface area (TPSA) is 110 Å². The van der Waals surface area contributed by atoms with E-state index in [1.807, 2.05) is 0 Å². The largest absolute Gasteiger partial charge is 0.425 e. The van der Waals surface area contributed by atoms with Crippen molar-refractivity contribution in [2.45, 2.75) is 76.0 Å². The number of esters is 1. The van der Waals surface area contributed by atoms with Crippen LogP contribution in [0.5, 0.6) is 5.75 Å². The molecule has 1 aromatic rings. The van der Waals surface area contributed by atoms with Gasteiger partial charge in [-0.05, 0) is 31.4 Å². The second kappa shape index (κ2) is 13.3. The van der Waals surface area contributed by atoms with Crippen molar-refractivity contribution in [1.82, 2.24) is 5.32 Å². The van der Waals surface area contributed by atoms with Crippen LogP contribution in [0.15, 0.2) is 29.2 Å². The predicted octanol–water partition coefficient (Wildman–Crippen LogP) is 3.88. The van der Waals surface area contributed by atoms with Gasteiger partial charge in [-0.2, -0.15) is 8.42 Å². The Balaban J connectivity index is 2.16. The second-order valence-corrected chi connectivity index (χ2v) is 8.11. The normalized spacial score (nSPS) is 11.2. The molecule has 1 rings (SSSR count). The van der Waals surface area contributed by atoms with Crippen LogP contribution in [0.25, 0.3) is 0 Å². The van der Waals surface area contributed by atoms with Crippen molar-refractivity contribution in [2.24, 2.45) is 0 Å². The first-order valence-corrected chi connectivity index (χ1v) is 11.3. The lowest BCUT2D eigenvalue weighted by Gasteiger charge is -2.08. The molecular weight excluding hydrogens is 382 g/mol. The highest BCUT2D eigenvalue weighted by molar-refractivity contribution is 7.86. The molecule has 0 aromatic heterocycles. The monoisotopic (exact) mass is 413 g/mol. The Hall–Kier alpha value is -1.93. The first-order chi connectivity index (χ1) is 13.3. The molecule has 8 heteroatoms. The van der Waals surface area contributed by atoms with Gasteiger partial charge in [-0.1, -0.05) is 51.2 Å². The van der Waals surface area contributed by atoms with E-state index in [-0.39, 0.29) is 18.1 Å². The van der Waals surface area contributed by atoms with Gasteiger partial charge in [-0.15, -0.1) is 0 Å². The average molecular weight is 414 g/mol. The second-order valence-electron chi connectivity index (χ2n) is 6.72. The lowest BCUT2D eigenvalue weighted by atomic mass is 10.1. The molecule has 0 aliphatic carbocycles. The van der Waals surface area contributed by atoms with Crippen LogP contribution < -0.4 is 10.1 Å². The average Bonchev–Trinajstić information content (AvgIpc) is 2.64. The third kappa shape index (κ3) is 10.4. The summed E-state index contributed by atoms with van der Waals surface area (Å²) >= 11 is 0. The summed E-state index contributed by atoms with van der Waals surface area (Å²) in [7, 11) is -4.45. The standard InChI is InChI=1S/C20H31NO6S/c1-2-3-4-5-7-14-19(22)21-16-11-6-8-15-20(23)27-17-12-9-10-13-18(17)28(24,25)26/h9-10,12-13H,2-8,11,14-16H2,1H3,(H,21,22)(H,24,25,26). The summed E-state index contributed by atoms with van der Waals surface area (Å²) < 4.78 is 36.7. The maximum absolute atomic E-state index is 11.9. The molecule has 0 unspecified atom stereocenters. The Bertz CT molecular complexity index is 717. The number of amides is 1. The van der Waals surface area contributed by atoms with Crippen LogP contribution >= 0.6 is 0 Å². The molecule has 158 valence electrons. The van der Waals surface area contributed by atoms with E-state index in [0.29, 0.717) is 19.4 Å². The number of unbranched alkanes of at least 4 members (excludes halogenated alkanes) is 6. The van der Waals surface area contributed by atoms with Crippen molar-refractivity contribution in [3.8, 4) is 5.75 Å². The van der Waals surface area contributed by atoms with Crippen molar-refractivity contribution in [2.75, 3.05) is 6.54 Å². The number of carbonyl (C=O) groups excluding carboxylic acids is 2. The predicted molar refractivity (Wildman–Crippen MR) is 107 cm³/mol. The zero-order valence-corrected chi connectivity index (χ0v) is 17.3. The van der Waals surface area contributed by atoms with Crippen molar-refractivity contribution in [1.29, 1.82) is 0 Å². The molecule has 0 aliphatic rings. The van der Waals surface area contributed by atoms with Crippen LogP contribution in [-0.2, 0) is 19.7 Å². The number of nitrogens with one attached hydrogen (secondary N) is 1. The first kappa shape index (κ1) is 24.1. The molecule has 0 radical (unpaired) electrons. The minimum Gasteiger partial charge on any atom is -0.425 e. The molecule has 2 N–H and O–H groups in total.